The van der Waals surface area contributed by atoms with Crippen LogP contribution in [0.4, 0.5) is 5.69 Å². The summed E-state index contributed by atoms with van der Waals surface area (Å²) in [6, 6.07) is 8.65. The molecule has 1 saturated heterocycles. The topological polar surface area (TPSA) is 76.4 Å². The fourth-order valence-electron chi connectivity index (χ4n) is 2.70. The summed E-state index contributed by atoms with van der Waals surface area (Å²) in [6.45, 7) is 3.26. The number of primary amides is 1. The van der Waals surface area contributed by atoms with E-state index in [1.807, 2.05) is 24.3 Å². The Balaban J connectivity index is 1.77. The summed E-state index contributed by atoms with van der Waals surface area (Å²) >= 11 is 0. The Kier molecular flexibility index (Phi) is 5.87. The van der Waals surface area contributed by atoms with E-state index in [2.05, 4.69) is 17.6 Å². The third-order valence-corrected chi connectivity index (χ3v) is 3.70. The van der Waals surface area contributed by atoms with Crippen molar-refractivity contribution < 1.29 is 9.53 Å². The lowest BCUT2D eigenvalue weighted by Gasteiger charge is -2.27. The van der Waals surface area contributed by atoms with Gasteiger partial charge in [-0.15, -0.1) is 0 Å². The van der Waals surface area contributed by atoms with Gasteiger partial charge in [-0.3, -0.25) is 4.79 Å². The zero-order chi connectivity index (χ0) is 15.1. The second kappa shape index (κ2) is 7.88. The van der Waals surface area contributed by atoms with Gasteiger partial charge >= 0.3 is 0 Å². The normalized spacial score (nSPS) is 19.8. The molecule has 0 saturated carbocycles. The van der Waals surface area contributed by atoms with Crippen molar-refractivity contribution in [2.24, 2.45) is 5.73 Å². The number of benzene rings is 1. The molecule has 116 valence electrons. The van der Waals surface area contributed by atoms with Crippen molar-refractivity contribution in [3.8, 4) is 5.75 Å². The van der Waals surface area contributed by atoms with E-state index in [9.17, 15) is 4.79 Å². The molecular formula is C16H25N3O2. The first-order valence-corrected chi connectivity index (χ1v) is 7.64. The number of anilines is 1. The molecule has 0 bridgehead atoms. The maximum Gasteiger partial charge on any atom is 0.255 e. The molecule has 2 atom stereocenters. The molecule has 1 amide bonds. The first-order valence-electron chi connectivity index (χ1n) is 7.64. The maximum absolute atomic E-state index is 10.7. The number of rotatable bonds is 7. The van der Waals surface area contributed by atoms with E-state index in [0.29, 0.717) is 17.8 Å². The number of amides is 1. The van der Waals surface area contributed by atoms with Crippen LogP contribution in [0.2, 0.25) is 0 Å². The zero-order valence-corrected chi connectivity index (χ0v) is 12.6. The van der Waals surface area contributed by atoms with E-state index in [0.717, 1.165) is 18.7 Å². The zero-order valence-electron chi connectivity index (χ0n) is 12.6. The summed E-state index contributed by atoms with van der Waals surface area (Å²) in [5, 5.41) is 7.06. The number of hydrogen-bond acceptors (Lipinski definition) is 4. The molecule has 1 aromatic rings. The monoisotopic (exact) mass is 291 g/mol. The molecule has 1 heterocycles. The second-order valence-electron chi connectivity index (χ2n) is 5.71. The van der Waals surface area contributed by atoms with Crippen LogP contribution >= 0.6 is 0 Å². The van der Waals surface area contributed by atoms with Crippen LogP contribution < -0.4 is 21.1 Å². The quantitative estimate of drug-likeness (QED) is 0.717. The molecule has 5 nitrogen and oxygen atoms in total. The molecule has 5 heteroatoms. The highest BCUT2D eigenvalue weighted by molar-refractivity contribution is 5.75. The first kappa shape index (κ1) is 15.6. The fraction of sp³-hybridized carbons (Fsp3) is 0.562. The summed E-state index contributed by atoms with van der Waals surface area (Å²) in [4.78, 5) is 10.7. The molecule has 2 unspecified atom stereocenters. The third-order valence-electron chi connectivity index (χ3n) is 3.70. The lowest BCUT2D eigenvalue weighted by molar-refractivity contribution is -0.119. The number of hydrogen-bond donors (Lipinski definition) is 3. The summed E-state index contributed by atoms with van der Waals surface area (Å²) in [7, 11) is 0. The minimum atomic E-state index is -0.467. The van der Waals surface area contributed by atoms with E-state index in [-0.39, 0.29) is 6.61 Å². The maximum atomic E-state index is 10.7. The first-order chi connectivity index (χ1) is 10.1. The lowest BCUT2D eigenvalue weighted by atomic mass is 9.99. The van der Waals surface area contributed by atoms with Crippen LogP contribution in [0.1, 0.15) is 32.6 Å². The van der Waals surface area contributed by atoms with Gasteiger partial charge in [0.2, 0.25) is 0 Å². The van der Waals surface area contributed by atoms with Crippen molar-refractivity contribution >= 4 is 11.6 Å². The van der Waals surface area contributed by atoms with Crippen molar-refractivity contribution in [2.75, 3.05) is 18.5 Å². The standard InChI is InChI=1S/C16H25N3O2/c1-12(10-14-4-2-3-9-18-14)19-13-5-7-15(8-6-13)21-11-16(17)20/h5-8,12,14,18-19H,2-4,9-11H2,1H3,(H2,17,20). The van der Waals surface area contributed by atoms with Crippen molar-refractivity contribution in [3.63, 3.8) is 0 Å². The van der Waals surface area contributed by atoms with Gasteiger partial charge in [-0.2, -0.15) is 0 Å². The Morgan fingerprint density at radius 3 is 2.81 bits per heavy atom. The van der Waals surface area contributed by atoms with E-state index in [1.54, 1.807) is 0 Å². The molecule has 1 fully saturated rings. The van der Waals surface area contributed by atoms with Gasteiger partial charge in [0.25, 0.3) is 5.91 Å². The molecule has 0 aromatic heterocycles. The molecule has 0 spiro atoms. The van der Waals surface area contributed by atoms with Crippen LogP contribution in [0, 0.1) is 0 Å². The summed E-state index contributed by atoms with van der Waals surface area (Å²) in [6.07, 6.45) is 5.02. The van der Waals surface area contributed by atoms with E-state index in [1.165, 1.54) is 19.3 Å². The third kappa shape index (κ3) is 5.63. The highest BCUT2D eigenvalue weighted by Crippen LogP contribution is 2.18. The predicted octanol–water partition coefficient (Wildman–Crippen LogP) is 1.88. The van der Waals surface area contributed by atoms with Gasteiger partial charge in [-0.1, -0.05) is 6.42 Å². The van der Waals surface area contributed by atoms with E-state index in [4.69, 9.17) is 10.5 Å². The molecule has 0 aliphatic carbocycles. The molecule has 1 aliphatic heterocycles. The number of nitrogens with one attached hydrogen (secondary N) is 2. The van der Waals surface area contributed by atoms with Crippen LogP contribution in [0.15, 0.2) is 24.3 Å². The average Bonchev–Trinajstić information content (AvgIpc) is 2.47. The Morgan fingerprint density at radius 1 is 1.43 bits per heavy atom. The van der Waals surface area contributed by atoms with Crippen molar-refractivity contribution in [3.05, 3.63) is 24.3 Å². The van der Waals surface area contributed by atoms with Crippen LogP contribution in [0.25, 0.3) is 0 Å². The Labute approximate surface area is 126 Å². The Hall–Kier alpha value is -1.75. The highest BCUT2D eigenvalue weighted by atomic mass is 16.5. The summed E-state index contributed by atoms with van der Waals surface area (Å²) in [5.41, 5.74) is 6.10. The van der Waals surface area contributed by atoms with Gasteiger partial charge in [0, 0.05) is 17.8 Å². The molecule has 1 aromatic carbocycles. The van der Waals surface area contributed by atoms with Gasteiger partial charge < -0.3 is 21.1 Å². The second-order valence-corrected chi connectivity index (χ2v) is 5.71. The molecule has 2 rings (SSSR count). The Bertz CT molecular complexity index is 441. The van der Waals surface area contributed by atoms with E-state index < -0.39 is 5.91 Å². The number of carbonyl (C=O) groups is 1. The number of carbonyl (C=O) groups excluding carboxylic acids is 1. The van der Waals surface area contributed by atoms with E-state index >= 15 is 0 Å². The minimum Gasteiger partial charge on any atom is -0.484 e. The lowest BCUT2D eigenvalue weighted by Crippen LogP contribution is -2.37. The molecular weight excluding hydrogens is 266 g/mol. The van der Waals surface area contributed by atoms with Gasteiger partial charge in [-0.25, -0.2) is 0 Å². The van der Waals surface area contributed by atoms with Gasteiger partial charge in [0.15, 0.2) is 6.61 Å². The molecule has 21 heavy (non-hydrogen) atoms. The molecule has 0 radical (unpaired) electrons. The number of ether oxygens (including phenoxy) is 1. The predicted molar refractivity (Wildman–Crippen MR) is 84.5 cm³/mol. The van der Waals surface area contributed by atoms with Crippen LogP contribution in [-0.4, -0.2) is 31.1 Å². The largest absolute Gasteiger partial charge is 0.484 e. The fourth-order valence-corrected chi connectivity index (χ4v) is 2.70. The minimum absolute atomic E-state index is 0.0868. The van der Waals surface area contributed by atoms with Crippen molar-refractivity contribution in [1.29, 1.82) is 0 Å². The van der Waals surface area contributed by atoms with Crippen molar-refractivity contribution in [1.82, 2.24) is 5.32 Å². The van der Waals surface area contributed by atoms with Crippen LogP contribution in [0.3, 0.4) is 0 Å². The highest BCUT2D eigenvalue weighted by Gasteiger charge is 2.15. The van der Waals surface area contributed by atoms with Gasteiger partial charge in [0.1, 0.15) is 5.75 Å². The van der Waals surface area contributed by atoms with Gasteiger partial charge in [0.05, 0.1) is 0 Å². The molecule has 4 N–H and O–H groups in total. The molecule has 1 aliphatic rings. The smallest absolute Gasteiger partial charge is 0.255 e. The van der Waals surface area contributed by atoms with Crippen LogP contribution in [-0.2, 0) is 4.79 Å². The van der Waals surface area contributed by atoms with Crippen molar-refractivity contribution in [2.45, 2.75) is 44.7 Å². The van der Waals surface area contributed by atoms with Gasteiger partial charge in [-0.05, 0) is 57.0 Å². The summed E-state index contributed by atoms with van der Waals surface area (Å²) < 4.78 is 5.24. The number of piperidine rings is 1. The average molecular weight is 291 g/mol. The SMILES string of the molecule is CC(CC1CCCCN1)Nc1ccc(OCC(N)=O)cc1. The van der Waals surface area contributed by atoms with Crippen LogP contribution in [0.5, 0.6) is 5.75 Å². The summed E-state index contributed by atoms with van der Waals surface area (Å²) in [5.74, 6) is 0.187. The number of nitrogens with two attached hydrogens (primary N) is 1. The Morgan fingerprint density at radius 2 is 2.19 bits per heavy atom.